The molecule has 5 nitrogen and oxygen atoms in total. The molecular weight excluding hydrogens is 268 g/mol. The smallest absolute Gasteiger partial charge is 0.338 e. The third-order valence-corrected chi connectivity index (χ3v) is 4.80. The molecule has 1 amide bonds. The minimum atomic E-state index is -0.960. The molecule has 4 rings (SSSR count). The standard InChI is InChI=1S/C16H16N2O3/c1-21-15(20)16-8-6-13(19)18(16)9-7-11-10-4-2-3-5-12(10)17-14(11)16/h2-5,17H,6-9H2,1H3/t16-/m0/s1. The number of para-hydroxylation sites is 1. The summed E-state index contributed by atoms with van der Waals surface area (Å²) in [7, 11) is 1.38. The van der Waals surface area contributed by atoms with Gasteiger partial charge in [0.05, 0.1) is 12.8 Å². The number of hydrogen-bond donors (Lipinski definition) is 1. The van der Waals surface area contributed by atoms with Gasteiger partial charge in [-0.2, -0.15) is 0 Å². The maximum Gasteiger partial charge on any atom is 0.338 e. The highest BCUT2D eigenvalue weighted by atomic mass is 16.5. The topological polar surface area (TPSA) is 62.4 Å². The van der Waals surface area contributed by atoms with Crippen LogP contribution < -0.4 is 0 Å². The van der Waals surface area contributed by atoms with Gasteiger partial charge in [0.15, 0.2) is 5.54 Å². The van der Waals surface area contributed by atoms with Crippen LogP contribution >= 0.6 is 0 Å². The summed E-state index contributed by atoms with van der Waals surface area (Å²) in [5.74, 6) is -0.314. The third-order valence-electron chi connectivity index (χ3n) is 4.80. The monoisotopic (exact) mass is 284 g/mol. The molecule has 0 unspecified atom stereocenters. The van der Waals surface area contributed by atoms with Gasteiger partial charge >= 0.3 is 5.97 Å². The summed E-state index contributed by atoms with van der Waals surface area (Å²) < 4.78 is 5.04. The van der Waals surface area contributed by atoms with E-state index >= 15 is 0 Å². The van der Waals surface area contributed by atoms with Crippen LogP contribution in [-0.4, -0.2) is 35.4 Å². The van der Waals surface area contributed by atoms with Gasteiger partial charge in [0.25, 0.3) is 0 Å². The van der Waals surface area contributed by atoms with Crippen molar-refractivity contribution in [3.8, 4) is 0 Å². The van der Waals surface area contributed by atoms with E-state index in [1.165, 1.54) is 7.11 Å². The van der Waals surface area contributed by atoms with Crippen LogP contribution in [0.2, 0.25) is 0 Å². The van der Waals surface area contributed by atoms with Gasteiger partial charge in [-0.05, 0) is 24.5 Å². The first-order valence-corrected chi connectivity index (χ1v) is 7.17. The minimum Gasteiger partial charge on any atom is -0.467 e. The van der Waals surface area contributed by atoms with Crippen LogP contribution in [0, 0.1) is 0 Å². The number of methoxy groups -OCH3 is 1. The number of amides is 1. The van der Waals surface area contributed by atoms with Crippen LogP contribution in [0.15, 0.2) is 24.3 Å². The van der Waals surface area contributed by atoms with Gasteiger partial charge in [-0.3, -0.25) is 4.79 Å². The van der Waals surface area contributed by atoms with E-state index in [4.69, 9.17) is 4.74 Å². The fraction of sp³-hybridized carbons (Fsp3) is 0.375. The number of hydrogen-bond acceptors (Lipinski definition) is 3. The first-order valence-electron chi connectivity index (χ1n) is 7.17. The number of carbonyl (C=O) groups is 2. The average molecular weight is 284 g/mol. The van der Waals surface area contributed by atoms with E-state index < -0.39 is 5.54 Å². The normalized spacial score (nSPS) is 24.0. The molecule has 0 spiro atoms. The number of H-pyrrole nitrogens is 1. The zero-order chi connectivity index (χ0) is 14.6. The second-order valence-corrected chi connectivity index (χ2v) is 5.67. The molecular formula is C16H16N2O3. The summed E-state index contributed by atoms with van der Waals surface area (Å²) in [5.41, 5.74) is 2.03. The second-order valence-electron chi connectivity index (χ2n) is 5.67. The van der Waals surface area contributed by atoms with Crippen LogP contribution in [0.3, 0.4) is 0 Å². The Balaban J connectivity index is 2.02. The predicted octanol–water partition coefficient (Wildman–Crippen LogP) is 1.71. The van der Waals surface area contributed by atoms with Crippen LogP contribution in [-0.2, 0) is 26.3 Å². The number of benzene rings is 1. The summed E-state index contributed by atoms with van der Waals surface area (Å²) in [5, 5.41) is 1.13. The molecule has 1 fully saturated rings. The zero-order valence-corrected chi connectivity index (χ0v) is 11.8. The molecule has 5 heteroatoms. The number of fused-ring (bicyclic) bond motifs is 5. The molecule has 21 heavy (non-hydrogen) atoms. The number of carbonyl (C=O) groups excluding carboxylic acids is 2. The first-order chi connectivity index (χ1) is 10.2. The lowest BCUT2D eigenvalue weighted by Crippen LogP contribution is -2.53. The van der Waals surface area contributed by atoms with Gasteiger partial charge < -0.3 is 14.6 Å². The van der Waals surface area contributed by atoms with Crippen LogP contribution in [0.25, 0.3) is 10.9 Å². The highest BCUT2D eigenvalue weighted by Crippen LogP contribution is 2.46. The molecule has 2 aliphatic rings. The van der Waals surface area contributed by atoms with E-state index in [0.29, 0.717) is 19.4 Å². The van der Waals surface area contributed by atoms with E-state index in [1.807, 2.05) is 18.2 Å². The molecule has 1 N–H and O–H groups in total. The van der Waals surface area contributed by atoms with Crippen LogP contribution in [0.4, 0.5) is 0 Å². The number of nitrogens with zero attached hydrogens (tertiary/aromatic N) is 1. The Labute approximate surface area is 121 Å². The Morgan fingerprint density at radius 1 is 1.33 bits per heavy atom. The Kier molecular flexibility index (Phi) is 2.43. The van der Waals surface area contributed by atoms with Crippen molar-refractivity contribution < 1.29 is 14.3 Å². The van der Waals surface area contributed by atoms with Gasteiger partial charge in [0.2, 0.25) is 5.91 Å². The van der Waals surface area contributed by atoms with E-state index in [9.17, 15) is 9.59 Å². The van der Waals surface area contributed by atoms with Gasteiger partial charge in [-0.25, -0.2) is 4.79 Å². The maximum atomic E-state index is 12.5. The van der Waals surface area contributed by atoms with Gasteiger partial charge in [0.1, 0.15) is 0 Å². The van der Waals surface area contributed by atoms with E-state index in [1.54, 1.807) is 4.90 Å². The number of aromatic nitrogens is 1. The third kappa shape index (κ3) is 1.41. The second kappa shape index (κ2) is 4.10. The van der Waals surface area contributed by atoms with Crippen molar-refractivity contribution in [2.75, 3.05) is 13.7 Å². The molecule has 2 aliphatic heterocycles. The highest BCUT2D eigenvalue weighted by molar-refractivity contribution is 5.96. The summed E-state index contributed by atoms with van der Waals surface area (Å²) in [6, 6.07) is 8.02. The Bertz CT molecular complexity index is 764. The van der Waals surface area contributed by atoms with Crippen molar-refractivity contribution in [1.29, 1.82) is 0 Å². The SMILES string of the molecule is COC(=O)[C@@]12CCC(=O)N1CCc1c2[nH]c2ccccc12. The lowest BCUT2D eigenvalue weighted by Gasteiger charge is -2.39. The maximum absolute atomic E-state index is 12.5. The largest absolute Gasteiger partial charge is 0.467 e. The Morgan fingerprint density at radius 3 is 2.95 bits per heavy atom. The van der Waals surface area contributed by atoms with E-state index in [0.717, 1.165) is 28.6 Å². The molecule has 1 atom stereocenters. The zero-order valence-electron chi connectivity index (χ0n) is 11.8. The van der Waals surface area contributed by atoms with E-state index in [2.05, 4.69) is 11.1 Å². The average Bonchev–Trinajstić information content (AvgIpc) is 3.06. The van der Waals surface area contributed by atoms with Gasteiger partial charge in [0, 0.05) is 23.9 Å². The summed E-state index contributed by atoms with van der Waals surface area (Å²) in [4.78, 5) is 29.7. The fourth-order valence-corrected chi connectivity index (χ4v) is 3.87. The number of ether oxygens (including phenoxy) is 1. The molecule has 1 saturated heterocycles. The van der Waals surface area contributed by atoms with Crippen molar-refractivity contribution in [2.45, 2.75) is 24.8 Å². The quantitative estimate of drug-likeness (QED) is 0.811. The van der Waals surface area contributed by atoms with Crippen molar-refractivity contribution in [3.05, 3.63) is 35.5 Å². The van der Waals surface area contributed by atoms with Crippen LogP contribution in [0.1, 0.15) is 24.1 Å². The molecule has 1 aromatic carbocycles. The summed E-state index contributed by atoms with van der Waals surface area (Å²) >= 11 is 0. The summed E-state index contributed by atoms with van der Waals surface area (Å²) in [6.07, 6.45) is 1.64. The molecule has 3 heterocycles. The molecule has 2 aromatic rings. The van der Waals surface area contributed by atoms with Crippen molar-refractivity contribution in [1.82, 2.24) is 9.88 Å². The molecule has 0 saturated carbocycles. The molecule has 1 aromatic heterocycles. The lowest BCUT2D eigenvalue weighted by atomic mass is 9.84. The van der Waals surface area contributed by atoms with Crippen molar-refractivity contribution in [2.24, 2.45) is 0 Å². The van der Waals surface area contributed by atoms with Crippen LogP contribution in [0.5, 0.6) is 0 Å². The molecule has 108 valence electrons. The number of aromatic amines is 1. The highest BCUT2D eigenvalue weighted by Gasteiger charge is 2.57. The van der Waals surface area contributed by atoms with Crippen molar-refractivity contribution in [3.63, 3.8) is 0 Å². The lowest BCUT2D eigenvalue weighted by molar-refractivity contribution is -0.159. The van der Waals surface area contributed by atoms with E-state index in [-0.39, 0.29) is 11.9 Å². The minimum absolute atomic E-state index is 0.0321. The number of esters is 1. The predicted molar refractivity (Wildman–Crippen MR) is 76.6 cm³/mol. The Morgan fingerprint density at radius 2 is 2.14 bits per heavy atom. The number of rotatable bonds is 1. The first kappa shape index (κ1) is 12.4. The fourth-order valence-electron chi connectivity index (χ4n) is 3.87. The molecule has 0 radical (unpaired) electrons. The molecule has 0 bridgehead atoms. The van der Waals surface area contributed by atoms with Gasteiger partial charge in [-0.1, -0.05) is 18.2 Å². The van der Waals surface area contributed by atoms with Crippen molar-refractivity contribution >= 4 is 22.8 Å². The Hall–Kier alpha value is -2.30. The van der Waals surface area contributed by atoms with Gasteiger partial charge in [-0.15, -0.1) is 0 Å². The summed E-state index contributed by atoms with van der Waals surface area (Å²) in [6.45, 7) is 0.572. The number of nitrogens with one attached hydrogen (secondary N) is 1. The molecule has 0 aliphatic carbocycles.